The average molecular weight is 841 g/mol. The molecular weight excluding hydrogens is 804 g/mol. The van der Waals surface area contributed by atoms with E-state index in [0.29, 0.717) is 12.3 Å². The fourth-order valence-corrected chi connectivity index (χ4v) is 9.85. The zero-order valence-corrected chi connectivity index (χ0v) is 31.4. The van der Waals surface area contributed by atoms with Crippen LogP contribution < -0.4 is 4.74 Å². The van der Waals surface area contributed by atoms with Crippen LogP contribution in [0.25, 0.3) is 0 Å². The first-order valence-corrected chi connectivity index (χ1v) is 20.4. The van der Waals surface area contributed by atoms with Crippen molar-refractivity contribution in [2.45, 2.75) is 81.9 Å². The fraction of sp³-hybridized carbons (Fsp3) is 0.455. The summed E-state index contributed by atoms with van der Waals surface area (Å²) in [6.45, 7) is 0. The first-order chi connectivity index (χ1) is 25.0. The first-order valence-electron chi connectivity index (χ1n) is 15.8. The van der Waals surface area contributed by atoms with Crippen molar-refractivity contribution < 1.29 is 80.7 Å². The molecule has 0 saturated heterocycles. The second kappa shape index (κ2) is 17.8. The van der Waals surface area contributed by atoms with Gasteiger partial charge in [0.05, 0.1) is 17.0 Å². The fourth-order valence-electron chi connectivity index (χ4n) is 5.44. The van der Waals surface area contributed by atoms with Crippen molar-refractivity contribution in [2.24, 2.45) is 5.92 Å². The molecule has 1 saturated carbocycles. The quantitative estimate of drug-likeness (QED) is 0.0728. The number of hydrogen-bond acceptors (Lipinski definition) is 9. The van der Waals surface area contributed by atoms with E-state index in [-0.39, 0.29) is 22.7 Å². The summed E-state index contributed by atoms with van der Waals surface area (Å²) in [5.74, 6) is -13.4. The van der Waals surface area contributed by atoms with Crippen LogP contribution in [0.5, 0.6) is 11.5 Å². The van der Waals surface area contributed by atoms with E-state index in [1.165, 1.54) is 4.90 Å². The van der Waals surface area contributed by atoms with Gasteiger partial charge in [-0.15, -0.1) is 0 Å². The van der Waals surface area contributed by atoms with Gasteiger partial charge in [0.15, 0.2) is 24.8 Å². The predicted octanol–water partition coefficient (Wildman–Crippen LogP) is 7.62. The van der Waals surface area contributed by atoms with Crippen molar-refractivity contribution in [1.29, 1.82) is 0 Å². The number of rotatable bonds is 14. The molecule has 0 spiro atoms. The molecule has 0 bridgehead atoms. The third-order valence-corrected chi connectivity index (χ3v) is 14.3. The van der Waals surface area contributed by atoms with Gasteiger partial charge in [0.2, 0.25) is 0 Å². The molecule has 0 aromatic heterocycles. The molecule has 0 heterocycles. The summed E-state index contributed by atoms with van der Waals surface area (Å²) in [5, 5.41) is 13.5. The van der Waals surface area contributed by atoms with E-state index in [1.54, 1.807) is 33.5 Å². The highest BCUT2D eigenvalue weighted by Crippen LogP contribution is 2.54. The molecule has 1 aliphatic rings. The number of alkyl halides is 9. The largest absolute Gasteiger partial charge is 0.743 e. The highest BCUT2D eigenvalue weighted by molar-refractivity contribution is 7.97. The van der Waals surface area contributed by atoms with Crippen LogP contribution in [0.15, 0.2) is 93.5 Å². The number of aliphatic hydroxyl groups excluding tert-OH is 1. The summed E-state index contributed by atoms with van der Waals surface area (Å²) >= 11 is 0. The summed E-state index contributed by atoms with van der Waals surface area (Å²) in [6.07, 6.45) is -4.60. The van der Waals surface area contributed by atoms with Gasteiger partial charge >= 0.3 is 32.1 Å². The lowest BCUT2D eigenvalue weighted by atomic mass is 9.84. The Morgan fingerprint density at radius 3 is 1.83 bits per heavy atom. The molecule has 1 aliphatic carbocycles. The van der Waals surface area contributed by atoms with Crippen molar-refractivity contribution in [3.63, 3.8) is 0 Å². The number of ether oxygens (including phenoxy) is 1. The average Bonchev–Trinajstić information content (AvgIpc) is 3.11. The Bertz CT molecular complexity index is 1740. The van der Waals surface area contributed by atoms with E-state index in [4.69, 9.17) is 18.0 Å². The maximum absolute atomic E-state index is 12.2. The molecule has 3 aromatic rings. The van der Waals surface area contributed by atoms with Crippen molar-refractivity contribution in [3.8, 4) is 11.5 Å². The second-order valence-electron chi connectivity index (χ2n) is 11.9. The molecule has 21 heteroatoms. The topological polar surface area (TPSA) is 135 Å². The Labute approximate surface area is 309 Å². The minimum absolute atomic E-state index is 0.250. The SMILES string of the molecule is CO[Si](CCC1CCC(O)C(Oc2cccc([S+](c3ccccc3)c3ccc(O)cc3)c2)C1)(OC)OC.O=S(=O)([O-])C(F)(F)C(F)(F)C(F)(F)C(F)(F)F. The molecule has 0 amide bonds. The minimum atomic E-state index is -7.43. The van der Waals surface area contributed by atoms with Gasteiger partial charge in [0.25, 0.3) is 0 Å². The van der Waals surface area contributed by atoms with Crippen LogP contribution in [0.3, 0.4) is 0 Å². The van der Waals surface area contributed by atoms with Crippen LogP contribution in [0, 0.1) is 5.92 Å². The molecule has 2 N–H and O–H groups in total. The molecule has 4 unspecified atom stereocenters. The maximum Gasteiger partial charge on any atom is 0.500 e. The van der Waals surface area contributed by atoms with Gasteiger partial charge in [0, 0.05) is 33.4 Å². The smallest absolute Gasteiger partial charge is 0.500 e. The van der Waals surface area contributed by atoms with Gasteiger partial charge in [-0.2, -0.15) is 39.5 Å². The van der Waals surface area contributed by atoms with Crippen molar-refractivity contribution in [3.05, 3.63) is 78.9 Å². The van der Waals surface area contributed by atoms with Gasteiger partial charge in [-0.3, -0.25) is 0 Å². The van der Waals surface area contributed by atoms with E-state index in [0.717, 1.165) is 40.8 Å². The Morgan fingerprint density at radius 1 is 0.778 bits per heavy atom. The minimum Gasteiger partial charge on any atom is -0.743 e. The third-order valence-electron chi connectivity index (χ3n) is 8.47. The molecule has 4 atom stereocenters. The highest BCUT2D eigenvalue weighted by atomic mass is 32.2. The summed E-state index contributed by atoms with van der Waals surface area (Å²) in [4.78, 5) is 3.42. The zero-order valence-electron chi connectivity index (χ0n) is 28.7. The lowest BCUT2D eigenvalue weighted by Crippen LogP contribution is -2.63. The van der Waals surface area contributed by atoms with Crippen molar-refractivity contribution in [2.75, 3.05) is 21.3 Å². The standard InChI is InChI=1S/C29H36O6SSi.C4HF9O3S/c1-32-37(33-2,34-3)19-18-22-12-17-28(31)29(20-22)35-24-8-7-11-27(21-24)36(25-9-5-4-6-10-25)26-15-13-23(30)14-16-26;5-1(6,3(9,10)11)2(7,8)4(12,13)17(14,15)16/h4-11,13-16,21-22,28-29,31H,12,17-20H2,1-3H3;(H,14,15,16). The Hall–Kier alpha value is -3.05. The molecular formula is C33H37F9O9S2Si. The van der Waals surface area contributed by atoms with Crippen molar-refractivity contribution in [1.82, 2.24) is 0 Å². The van der Waals surface area contributed by atoms with E-state index in [1.807, 2.05) is 42.5 Å². The monoisotopic (exact) mass is 840 g/mol. The van der Waals surface area contributed by atoms with E-state index >= 15 is 0 Å². The molecule has 3 aromatic carbocycles. The Balaban J connectivity index is 0.000000390. The number of halogens is 9. The number of phenolic OH excluding ortho intramolecular Hbond substituents is 1. The third kappa shape index (κ3) is 10.2. The number of aromatic hydroxyl groups is 1. The van der Waals surface area contributed by atoms with Crippen LogP contribution in [-0.2, 0) is 34.3 Å². The van der Waals surface area contributed by atoms with Crippen LogP contribution in [0.2, 0.25) is 6.04 Å². The molecule has 54 heavy (non-hydrogen) atoms. The van der Waals surface area contributed by atoms with Crippen LogP contribution in [-0.4, -0.2) is 88.8 Å². The molecule has 4 rings (SSSR count). The van der Waals surface area contributed by atoms with Gasteiger partial charge in [-0.25, -0.2) is 8.42 Å². The van der Waals surface area contributed by atoms with Crippen LogP contribution >= 0.6 is 0 Å². The predicted molar refractivity (Wildman–Crippen MR) is 178 cm³/mol. The molecule has 0 radical (unpaired) electrons. The maximum atomic E-state index is 12.2. The zero-order chi connectivity index (χ0) is 40.8. The number of hydrogen-bond donors (Lipinski definition) is 2. The second-order valence-corrected chi connectivity index (χ2v) is 18.5. The van der Waals surface area contributed by atoms with Gasteiger partial charge in [-0.1, -0.05) is 24.3 Å². The lowest BCUT2D eigenvalue weighted by Gasteiger charge is -2.34. The molecule has 0 aliphatic heterocycles. The lowest BCUT2D eigenvalue weighted by molar-refractivity contribution is -0.382. The summed E-state index contributed by atoms with van der Waals surface area (Å²) in [7, 11) is -5.47. The van der Waals surface area contributed by atoms with E-state index < -0.39 is 48.3 Å². The summed E-state index contributed by atoms with van der Waals surface area (Å²) < 4.78 is 159. The van der Waals surface area contributed by atoms with Crippen LogP contribution in [0.1, 0.15) is 25.7 Å². The summed E-state index contributed by atoms with van der Waals surface area (Å²) in [6, 6.07) is 26.7. The summed E-state index contributed by atoms with van der Waals surface area (Å²) in [5.41, 5.74) is 0. The van der Waals surface area contributed by atoms with Gasteiger partial charge < -0.3 is 32.8 Å². The highest BCUT2D eigenvalue weighted by Gasteiger charge is 2.83. The van der Waals surface area contributed by atoms with Crippen LogP contribution in [0.4, 0.5) is 39.5 Å². The first kappa shape index (κ1) is 45.3. The van der Waals surface area contributed by atoms with E-state index in [9.17, 15) is 62.7 Å². The Kier molecular flexibility index (Phi) is 15.0. The number of phenols is 1. The van der Waals surface area contributed by atoms with Gasteiger partial charge in [-0.05, 0) is 80.1 Å². The molecule has 9 nitrogen and oxygen atoms in total. The van der Waals surface area contributed by atoms with Crippen molar-refractivity contribution >= 4 is 29.8 Å². The molecule has 302 valence electrons. The normalized spacial score (nSPS) is 19.4. The Morgan fingerprint density at radius 2 is 1.31 bits per heavy atom. The number of benzene rings is 3. The van der Waals surface area contributed by atoms with Gasteiger partial charge in [0.1, 0.15) is 17.6 Å². The molecule has 1 fully saturated rings. The number of aliphatic hydroxyl groups is 1. The van der Waals surface area contributed by atoms with E-state index in [2.05, 4.69) is 24.3 Å².